The molecule has 1 aromatic heterocycles. The van der Waals surface area contributed by atoms with Crippen LogP contribution in [-0.4, -0.2) is 22.9 Å². The van der Waals surface area contributed by atoms with Gasteiger partial charge < -0.3 is 20.5 Å². The highest BCUT2D eigenvalue weighted by molar-refractivity contribution is 5.94. The van der Waals surface area contributed by atoms with Crippen LogP contribution in [0.1, 0.15) is 23.1 Å². The Labute approximate surface area is 140 Å². The summed E-state index contributed by atoms with van der Waals surface area (Å²) in [4.78, 5) is 27.4. The zero-order valence-corrected chi connectivity index (χ0v) is 13.8. The van der Waals surface area contributed by atoms with Crippen LogP contribution in [0.5, 0.6) is 0 Å². The number of anilines is 1. The number of quaternary nitrogens is 1. The SMILES string of the molecule is Cc1ccc(NC(=O)C[C@@H]([NH2+]Cc2cccnc2)C(=O)[O-])c(C)c1. The Bertz CT molecular complexity index is 717. The highest BCUT2D eigenvalue weighted by Crippen LogP contribution is 2.16. The molecule has 6 nitrogen and oxygen atoms in total. The molecule has 0 aliphatic rings. The van der Waals surface area contributed by atoms with Crippen molar-refractivity contribution in [2.75, 3.05) is 5.32 Å². The summed E-state index contributed by atoms with van der Waals surface area (Å²) in [5.41, 5.74) is 3.61. The van der Waals surface area contributed by atoms with E-state index in [-0.39, 0.29) is 12.3 Å². The summed E-state index contributed by atoms with van der Waals surface area (Å²) < 4.78 is 0. The Morgan fingerprint density at radius 1 is 1.29 bits per heavy atom. The van der Waals surface area contributed by atoms with E-state index in [2.05, 4.69) is 10.3 Å². The predicted molar refractivity (Wildman–Crippen MR) is 87.8 cm³/mol. The molecule has 0 saturated heterocycles. The molecule has 0 fully saturated rings. The summed E-state index contributed by atoms with van der Waals surface area (Å²) in [7, 11) is 0. The van der Waals surface area contributed by atoms with Gasteiger partial charge in [0, 0.05) is 23.6 Å². The van der Waals surface area contributed by atoms with Crippen LogP contribution in [-0.2, 0) is 16.1 Å². The Balaban J connectivity index is 1.94. The van der Waals surface area contributed by atoms with Crippen molar-refractivity contribution in [3.8, 4) is 0 Å². The van der Waals surface area contributed by atoms with Gasteiger partial charge in [0.1, 0.15) is 12.6 Å². The highest BCUT2D eigenvalue weighted by atomic mass is 16.4. The number of carbonyl (C=O) groups is 2. The number of hydrogen-bond donors (Lipinski definition) is 2. The minimum Gasteiger partial charge on any atom is -0.544 e. The molecule has 2 aromatic rings. The molecule has 3 N–H and O–H groups in total. The highest BCUT2D eigenvalue weighted by Gasteiger charge is 2.19. The first-order valence-corrected chi connectivity index (χ1v) is 7.76. The van der Waals surface area contributed by atoms with Gasteiger partial charge in [0.25, 0.3) is 0 Å². The fourth-order valence-corrected chi connectivity index (χ4v) is 2.41. The number of carboxylic acid groups (broad SMARTS) is 1. The number of rotatable bonds is 7. The van der Waals surface area contributed by atoms with Crippen molar-refractivity contribution < 1.29 is 20.0 Å². The van der Waals surface area contributed by atoms with Gasteiger partial charge in [-0.3, -0.25) is 9.78 Å². The van der Waals surface area contributed by atoms with Gasteiger partial charge >= 0.3 is 0 Å². The third-order valence-electron chi connectivity index (χ3n) is 3.72. The van der Waals surface area contributed by atoms with Crippen LogP contribution in [0.4, 0.5) is 5.69 Å². The van der Waals surface area contributed by atoms with Crippen LogP contribution < -0.4 is 15.7 Å². The number of amides is 1. The number of carboxylic acids is 1. The van der Waals surface area contributed by atoms with Crippen molar-refractivity contribution in [1.29, 1.82) is 0 Å². The Hall–Kier alpha value is -2.73. The monoisotopic (exact) mass is 327 g/mol. The van der Waals surface area contributed by atoms with E-state index in [9.17, 15) is 14.7 Å². The van der Waals surface area contributed by atoms with Gasteiger partial charge in [-0.15, -0.1) is 0 Å². The molecule has 6 heteroatoms. The summed E-state index contributed by atoms with van der Waals surface area (Å²) in [5, 5.41) is 15.6. The van der Waals surface area contributed by atoms with Crippen molar-refractivity contribution in [3.05, 3.63) is 59.4 Å². The maximum Gasteiger partial charge on any atom is 0.230 e. The van der Waals surface area contributed by atoms with Gasteiger partial charge in [0.05, 0.1) is 12.4 Å². The van der Waals surface area contributed by atoms with Crippen LogP contribution in [0.3, 0.4) is 0 Å². The number of aromatic nitrogens is 1. The predicted octanol–water partition coefficient (Wildman–Crippen LogP) is -0.0909. The first kappa shape index (κ1) is 17.6. The smallest absolute Gasteiger partial charge is 0.230 e. The topological polar surface area (TPSA) is 98.7 Å². The Kier molecular flexibility index (Phi) is 6.03. The first-order valence-electron chi connectivity index (χ1n) is 7.76. The van der Waals surface area contributed by atoms with Gasteiger partial charge in [0.15, 0.2) is 0 Å². The van der Waals surface area contributed by atoms with Crippen molar-refractivity contribution in [2.45, 2.75) is 32.9 Å². The lowest BCUT2D eigenvalue weighted by Gasteiger charge is -2.17. The Morgan fingerprint density at radius 2 is 2.08 bits per heavy atom. The number of aliphatic carboxylic acids is 1. The maximum absolute atomic E-state index is 12.1. The van der Waals surface area contributed by atoms with Crippen LogP contribution in [0.25, 0.3) is 0 Å². The number of carbonyl (C=O) groups excluding carboxylic acids is 2. The van der Waals surface area contributed by atoms with E-state index in [0.717, 1.165) is 16.7 Å². The summed E-state index contributed by atoms with van der Waals surface area (Å²) in [5.74, 6) is -1.60. The molecule has 0 aliphatic heterocycles. The normalized spacial score (nSPS) is 11.8. The number of benzene rings is 1. The fraction of sp³-hybridized carbons (Fsp3) is 0.278. The molecular formula is C18H21N3O3. The van der Waals surface area contributed by atoms with E-state index < -0.39 is 12.0 Å². The minimum atomic E-state index is -1.25. The number of aryl methyl sites for hydroxylation is 2. The van der Waals surface area contributed by atoms with Gasteiger partial charge in [-0.2, -0.15) is 0 Å². The quantitative estimate of drug-likeness (QED) is 0.742. The molecule has 0 unspecified atom stereocenters. The van der Waals surface area contributed by atoms with E-state index in [4.69, 9.17) is 0 Å². The number of nitrogens with zero attached hydrogens (tertiary/aromatic N) is 1. The lowest BCUT2D eigenvalue weighted by atomic mass is 10.1. The van der Waals surface area contributed by atoms with Crippen LogP contribution in [0.15, 0.2) is 42.7 Å². The van der Waals surface area contributed by atoms with Crippen LogP contribution in [0.2, 0.25) is 0 Å². The van der Waals surface area contributed by atoms with E-state index >= 15 is 0 Å². The van der Waals surface area contributed by atoms with E-state index in [1.54, 1.807) is 23.8 Å². The molecular weight excluding hydrogens is 306 g/mol. The summed E-state index contributed by atoms with van der Waals surface area (Å²) in [6, 6.07) is 8.36. The summed E-state index contributed by atoms with van der Waals surface area (Å²) in [6.07, 6.45) is 3.16. The lowest BCUT2D eigenvalue weighted by molar-refractivity contribution is -0.697. The molecule has 126 valence electrons. The molecule has 1 atom stereocenters. The van der Waals surface area contributed by atoms with Crippen LogP contribution >= 0.6 is 0 Å². The second-order valence-corrected chi connectivity index (χ2v) is 5.80. The van der Waals surface area contributed by atoms with Crippen molar-refractivity contribution in [1.82, 2.24) is 4.98 Å². The van der Waals surface area contributed by atoms with Gasteiger partial charge in [0.2, 0.25) is 5.91 Å². The second kappa shape index (κ2) is 8.21. The van der Waals surface area contributed by atoms with Crippen molar-refractivity contribution in [3.63, 3.8) is 0 Å². The van der Waals surface area contributed by atoms with Gasteiger partial charge in [-0.05, 0) is 31.5 Å². The number of nitrogens with two attached hydrogens (primary N) is 1. The second-order valence-electron chi connectivity index (χ2n) is 5.80. The molecule has 0 saturated carbocycles. The molecule has 1 aromatic carbocycles. The summed E-state index contributed by atoms with van der Waals surface area (Å²) in [6.45, 7) is 4.29. The third-order valence-corrected chi connectivity index (χ3v) is 3.72. The van der Waals surface area contributed by atoms with Gasteiger partial charge in [-0.1, -0.05) is 23.8 Å². The lowest BCUT2D eigenvalue weighted by Crippen LogP contribution is -2.92. The molecule has 24 heavy (non-hydrogen) atoms. The minimum absolute atomic E-state index is 0.157. The number of hydrogen-bond acceptors (Lipinski definition) is 4. The molecule has 0 spiro atoms. The zero-order chi connectivity index (χ0) is 17.5. The molecule has 0 bridgehead atoms. The Morgan fingerprint density at radius 3 is 2.71 bits per heavy atom. The number of pyridine rings is 1. The standard InChI is InChI=1S/C18H21N3O3/c1-12-5-6-15(13(2)8-12)21-17(22)9-16(18(23)24)20-11-14-4-3-7-19-10-14/h3-8,10,16,20H,9,11H2,1-2H3,(H,21,22)(H,23,24)/t16-/m1/s1. The largest absolute Gasteiger partial charge is 0.544 e. The summed E-state index contributed by atoms with van der Waals surface area (Å²) >= 11 is 0. The molecule has 1 amide bonds. The van der Waals surface area contributed by atoms with E-state index in [0.29, 0.717) is 12.2 Å². The van der Waals surface area contributed by atoms with Crippen LogP contribution in [0, 0.1) is 13.8 Å². The fourth-order valence-electron chi connectivity index (χ4n) is 2.41. The first-order chi connectivity index (χ1) is 11.5. The zero-order valence-electron chi connectivity index (χ0n) is 13.8. The average Bonchev–Trinajstić information content (AvgIpc) is 2.55. The maximum atomic E-state index is 12.1. The molecule has 2 rings (SSSR count). The third kappa shape index (κ3) is 5.17. The van der Waals surface area contributed by atoms with Gasteiger partial charge in [-0.25, -0.2) is 0 Å². The average molecular weight is 327 g/mol. The molecule has 0 radical (unpaired) electrons. The van der Waals surface area contributed by atoms with Crippen molar-refractivity contribution >= 4 is 17.6 Å². The molecule has 0 aliphatic carbocycles. The van der Waals surface area contributed by atoms with Crippen molar-refractivity contribution in [2.24, 2.45) is 0 Å². The van der Waals surface area contributed by atoms with E-state index in [1.807, 2.05) is 38.1 Å². The van der Waals surface area contributed by atoms with E-state index in [1.165, 1.54) is 0 Å². The number of nitrogens with one attached hydrogen (secondary N) is 1. The molecule has 1 heterocycles.